The van der Waals surface area contributed by atoms with Crippen LogP contribution in [-0.2, 0) is 23.7 Å². The van der Waals surface area contributed by atoms with E-state index >= 15 is 0 Å². The van der Waals surface area contributed by atoms with Gasteiger partial charge in [0.2, 0.25) is 0 Å². The van der Waals surface area contributed by atoms with Crippen molar-refractivity contribution in [1.29, 1.82) is 0 Å². The molecule has 5 atom stereocenters. The van der Waals surface area contributed by atoms with Crippen LogP contribution >= 0.6 is 0 Å². The van der Waals surface area contributed by atoms with Crippen molar-refractivity contribution in [1.82, 2.24) is 0 Å². The summed E-state index contributed by atoms with van der Waals surface area (Å²) < 4.78 is 29.3. The minimum absolute atomic E-state index is 0.0750. The molecule has 0 radical (unpaired) electrons. The summed E-state index contributed by atoms with van der Waals surface area (Å²) in [6, 6.07) is 18.6. The Kier molecular flexibility index (Phi) is 7.55. The minimum Gasteiger partial charge on any atom is -0.459 e. The van der Waals surface area contributed by atoms with E-state index in [2.05, 4.69) is 0 Å². The molecule has 2 aromatic carbocycles. The lowest BCUT2D eigenvalue weighted by Gasteiger charge is -2.47. The Balaban J connectivity index is 1.25. The summed E-state index contributed by atoms with van der Waals surface area (Å²) in [6.45, 7) is 0.330. The smallest absolute Gasteiger partial charge is 0.338 e. The zero-order chi connectivity index (χ0) is 22.4. The van der Waals surface area contributed by atoms with Crippen molar-refractivity contribution in [3.05, 3.63) is 71.8 Å². The third-order valence-electron chi connectivity index (χ3n) is 6.02. The van der Waals surface area contributed by atoms with Gasteiger partial charge in [0.1, 0.15) is 12.7 Å². The highest BCUT2D eigenvalue weighted by Gasteiger charge is 2.45. The molecule has 0 amide bonds. The van der Waals surface area contributed by atoms with Gasteiger partial charge in [-0.05, 0) is 25.0 Å². The van der Waals surface area contributed by atoms with Crippen LogP contribution in [0, 0.1) is 0 Å². The van der Waals surface area contributed by atoms with Gasteiger partial charge in [0.05, 0.1) is 24.4 Å². The quantitative estimate of drug-likeness (QED) is 0.625. The SMILES string of the molecule is CO[C@]1(CCC(O)COC(=O)c2ccccc2)CC[C@@H]2O[C@H](c3ccccc3)OC[C@H]2O1. The molecule has 2 saturated heterocycles. The van der Waals surface area contributed by atoms with Gasteiger partial charge in [0.25, 0.3) is 0 Å². The fraction of sp³-hybridized carbons (Fsp3) is 0.480. The van der Waals surface area contributed by atoms with Crippen LogP contribution in [-0.4, -0.2) is 55.5 Å². The molecular weight excluding hydrogens is 412 g/mol. The fourth-order valence-electron chi connectivity index (χ4n) is 4.16. The van der Waals surface area contributed by atoms with Crippen molar-refractivity contribution >= 4 is 5.97 Å². The first-order valence-electron chi connectivity index (χ1n) is 11.0. The molecule has 0 saturated carbocycles. The van der Waals surface area contributed by atoms with Crippen molar-refractivity contribution in [2.45, 2.75) is 56.1 Å². The van der Waals surface area contributed by atoms with Crippen LogP contribution in [0.25, 0.3) is 0 Å². The lowest BCUT2D eigenvalue weighted by molar-refractivity contribution is -0.352. The summed E-state index contributed by atoms with van der Waals surface area (Å²) in [5.41, 5.74) is 1.45. The summed E-state index contributed by atoms with van der Waals surface area (Å²) in [4.78, 5) is 12.1. The fourth-order valence-corrected chi connectivity index (χ4v) is 4.16. The Morgan fingerprint density at radius 2 is 1.84 bits per heavy atom. The Morgan fingerprint density at radius 1 is 1.12 bits per heavy atom. The average molecular weight is 443 g/mol. The number of carbonyl (C=O) groups is 1. The zero-order valence-corrected chi connectivity index (χ0v) is 18.2. The van der Waals surface area contributed by atoms with Gasteiger partial charge in [0, 0.05) is 25.5 Å². The van der Waals surface area contributed by atoms with E-state index < -0.39 is 24.2 Å². The van der Waals surface area contributed by atoms with E-state index in [9.17, 15) is 9.90 Å². The molecule has 2 fully saturated rings. The highest BCUT2D eigenvalue weighted by atomic mass is 16.7. The molecule has 0 aromatic heterocycles. The predicted molar refractivity (Wildman–Crippen MR) is 116 cm³/mol. The largest absolute Gasteiger partial charge is 0.459 e. The Bertz CT molecular complexity index is 859. The van der Waals surface area contributed by atoms with Gasteiger partial charge in [0.15, 0.2) is 12.1 Å². The Hall–Kier alpha value is -2.29. The molecule has 0 bridgehead atoms. The van der Waals surface area contributed by atoms with Crippen LogP contribution < -0.4 is 0 Å². The number of aliphatic hydroxyl groups is 1. The predicted octanol–water partition coefficient (Wildman–Crippen LogP) is 3.62. The van der Waals surface area contributed by atoms with Crippen LogP contribution in [0.15, 0.2) is 60.7 Å². The highest BCUT2D eigenvalue weighted by molar-refractivity contribution is 5.89. The normalized spacial score (nSPS) is 28.5. The molecule has 7 nitrogen and oxygen atoms in total. The monoisotopic (exact) mass is 442 g/mol. The lowest BCUT2D eigenvalue weighted by Crippen LogP contribution is -2.54. The molecule has 172 valence electrons. The number of esters is 1. The number of carbonyl (C=O) groups excluding carboxylic acids is 1. The first-order chi connectivity index (χ1) is 15.6. The number of ether oxygens (including phenoxy) is 5. The minimum atomic E-state index is -0.822. The summed E-state index contributed by atoms with van der Waals surface area (Å²) in [6.07, 6.45) is 0.744. The lowest BCUT2D eigenvalue weighted by atomic mass is 9.93. The highest BCUT2D eigenvalue weighted by Crippen LogP contribution is 2.39. The first kappa shape index (κ1) is 22.9. The Labute approximate surface area is 188 Å². The topological polar surface area (TPSA) is 83.5 Å². The van der Waals surface area contributed by atoms with Crippen LogP contribution in [0.5, 0.6) is 0 Å². The maximum atomic E-state index is 12.1. The molecule has 2 aliphatic heterocycles. The molecule has 0 aliphatic carbocycles. The van der Waals surface area contributed by atoms with E-state index in [1.54, 1.807) is 31.4 Å². The van der Waals surface area contributed by atoms with E-state index in [0.29, 0.717) is 31.4 Å². The van der Waals surface area contributed by atoms with Gasteiger partial charge in [-0.15, -0.1) is 0 Å². The molecular formula is C25H30O7. The van der Waals surface area contributed by atoms with Crippen molar-refractivity contribution < 1.29 is 33.6 Å². The number of fused-ring (bicyclic) bond motifs is 1. The van der Waals surface area contributed by atoms with Gasteiger partial charge >= 0.3 is 5.97 Å². The summed E-state index contributed by atoms with van der Waals surface area (Å²) >= 11 is 0. The summed E-state index contributed by atoms with van der Waals surface area (Å²) in [5.74, 6) is -1.27. The first-order valence-corrected chi connectivity index (χ1v) is 11.0. The van der Waals surface area contributed by atoms with Crippen molar-refractivity contribution in [3.63, 3.8) is 0 Å². The maximum absolute atomic E-state index is 12.1. The van der Waals surface area contributed by atoms with Gasteiger partial charge in [-0.2, -0.15) is 0 Å². The van der Waals surface area contributed by atoms with Crippen LogP contribution in [0.4, 0.5) is 0 Å². The second-order valence-corrected chi connectivity index (χ2v) is 8.22. The maximum Gasteiger partial charge on any atom is 0.338 e. The van der Waals surface area contributed by atoms with Gasteiger partial charge in [-0.25, -0.2) is 4.79 Å². The van der Waals surface area contributed by atoms with E-state index in [1.807, 2.05) is 36.4 Å². The molecule has 1 N–H and O–H groups in total. The number of benzene rings is 2. The van der Waals surface area contributed by atoms with Gasteiger partial charge in [-0.3, -0.25) is 0 Å². The van der Waals surface area contributed by atoms with Gasteiger partial charge < -0.3 is 28.8 Å². The van der Waals surface area contributed by atoms with E-state index in [0.717, 1.165) is 12.0 Å². The number of aliphatic hydroxyl groups excluding tert-OH is 1. The third-order valence-corrected chi connectivity index (χ3v) is 6.02. The molecule has 2 heterocycles. The number of methoxy groups -OCH3 is 1. The molecule has 2 aromatic rings. The summed E-state index contributed by atoms with van der Waals surface area (Å²) in [7, 11) is 1.61. The molecule has 32 heavy (non-hydrogen) atoms. The van der Waals surface area contributed by atoms with Crippen molar-refractivity contribution in [2.24, 2.45) is 0 Å². The molecule has 0 spiro atoms. The van der Waals surface area contributed by atoms with Crippen molar-refractivity contribution in [2.75, 3.05) is 20.3 Å². The molecule has 4 rings (SSSR count). The van der Waals surface area contributed by atoms with Crippen molar-refractivity contribution in [3.8, 4) is 0 Å². The third kappa shape index (κ3) is 5.54. The Morgan fingerprint density at radius 3 is 2.56 bits per heavy atom. The molecule has 2 aliphatic rings. The van der Waals surface area contributed by atoms with E-state index in [-0.39, 0.29) is 18.8 Å². The molecule has 7 heteroatoms. The zero-order valence-electron chi connectivity index (χ0n) is 18.2. The van der Waals surface area contributed by atoms with E-state index in [4.69, 9.17) is 23.7 Å². The number of rotatable bonds is 8. The molecule has 1 unspecified atom stereocenters. The second-order valence-electron chi connectivity index (χ2n) is 8.22. The van der Waals surface area contributed by atoms with Crippen LogP contribution in [0.3, 0.4) is 0 Å². The van der Waals surface area contributed by atoms with Gasteiger partial charge in [-0.1, -0.05) is 48.5 Å². The van der Waals surface area contributed by atoms with E-state index in [1.165, 1.54) is 0 Å². The standard InChI is InChI=1S/C25H30O7/c1-28-25(14-12-20(26)16-29-23(27)18-8-4-2-5-9-18)15-13-21-22(32-25)17-30-24(31-21)19-10-6-3-7-11-19/h2-11,20-22,24,26H,12-17H2,1H3/t20?,21-,22+,24+,25-/m0/s1. The number of hydrogen-bond donors (Lipinski definition) is 1. The summed E-state index contributed by atoms with van der Waals surface area (Å²) in [5, 5.41) is 10.3. The average Bonchev–Trinajstić information content (AvgIpc) is 2.86. The number of hydrogen-bond acceptors (Lipinski definition) is 7. The second kappa shape index (κ2) is 10.6. The van der Waals surface area contributed by atoms with Crippen LogP contribution in [0.2, 0.25) is 0 Å². The van der Waals surface area contributed by atoms with Crippen LogP contribution in [0.1, 0.15) is 47.9 Å².